The molecule has 3 aromatic carbocycles. The van der Waals surface area contributed by atoms with Crippen LogP contribution in [0.3, 0.4) is 0 Å². The summed E-state index contributed by atoms with van der Waals surface area (Å²) in [5.41, 5.74) is 1.03. The molecule has 0 amide bonds. The van der Waals surface area contributed by atoms with Crippen molar-refractivity contribution in [3.63, 3.8) is 0 Å². The number of rotatable bonds is 12. The fourth-order valence-corrected chi connectivity index (χ4v) is 5.04. The summed E-state index contributed by atoms with van der Waals surface area (Å²) in [6.07, 6.45) is 7.28. The van der Waals surface area contributed by atoms with Gasteiger partial charge in [0.2, 0.25) is 0 Å². The largest absolute Gasteiger partial charge is 0.489 e. The van der Waals surface area contributed by atoms with Crippen molar-refractivity contribution in [1.82, 2.24) is 0 Å². The Balaban J connectivity index is 1.59. The van der Waals surface area contributed by atoms with Crippen molar-refractivity contribution < 1.29 is 19.4 Å². The fraction of sp³-hybridized carbons (Fsp3) is 0.276. The molecule has 182 valence electrons. The van der Waals surface area contributed by atoms with Gasteiger partial charge in [-0.3, -0.25) is 4.79 Å². The summed E-state index contributed by atoms with van der Waals surface area (Å²) in [4.78, 5) is 14.3. The molecule has 3 aromatic rings. The first-order chi connectivity index (χ1) is 17.0. The van der Waals surface area contributed by atoms with E-state index >= 15 is 0 Å². The Morgan fingerprint density at radius 1 is 1.09 bits per heavy atom. The monoisotopic (exact) mass is 508 g/mol. The number of halogens is 1. The predicted octanol–water partition coefficient (Wildman–Crippen LogP) is 6.57. The van der Waals surface area contributed by atoms with Crippen LogP contribution in [0.5, 0.6) is 5.75 Å². The summed E-state index contributed by atoms with van der Waals surface area (Å²) in [6, 6.07) is 24.0. The Kier molecular flexibility index (Phi) is 10.1. The van der Waals surface area contributed by atoms with Gasteiger partial charge >= 0.3 is 5.97 Å². The molecule has 0 aromatic heterocycles. The van der Waals surface area contributed by atoms with Crippen LogP contribution in [0.2, 0.25) is 5.02 Å². The lowest BCUT2D eigenvalue weighted by Gasteiger charge is -2.26. The zero-order chi connectivity index (χ0) is 25.1. The first kappa shape index (κ1) is 26.7. The van der Waals surface area contributed by atoms with E-state index in [4.69, 9.17) is 27.5 Å². The molecule has 4 nitrogen and oxygen atoms in total. The van der Waals surface area contributed by atoms with Crippen molar-refractivity contribution in [3.8, 4) is 18.1 Å². The number of terminal acetylenes is 1. The summed E-state index contributed by atoms with van der Waals surface area (Å²) < 4.78 is 10.8. The average Bonchev–Trinajstić information content (AvgIpc) is 2.88. The zero-order valence-electron chi connectivity index (χ0n) is 19.7. The number of ether oxygens (including phenoxy) is 2. The summed E-state index contributed by atoms with van der Waals surface area (Å²) in [5, 5.41) is 10.5. The molecule has 1 N–H and O–H groups in total. The second-order valence-corrected chi connectivity index (χ2v) is 9.82. The molecule has 0 saturated carbocycles. The number of carbonyl (C=O) groups excluding carboxylic acids is 1. The number of hydrogen-bond acceptors (Lipinski definition) is 5. The van der Waals surface area contributed by atoms with Crippen LogP contribution in [-0.2, 0) is 22.6 Å². The maximum absolute atomic E-state index is 12.2. The van der Waals surface area contributed by atoms with E-state index in [0.29, 0.717) is 30.9 Å². The van der Waals surface area contributed by atoms with Gasteiger partial charge in [0.15, 0.2) is 0 Å². The van der Waals surface area contributed by atoms with Crippen LogP contribution in [0.15, 0.2) is 82.6 Å². The number of hydrogen-bond donors (Lipinski definition) is 1. The Hall–Kier alpha value is -2.91. The van der Waals surface area contributed by atoms with Gasteiger partial charge in [0.05, 0.1) is 13.7 Å². The topological polar surface area (TPSA) is 55.8 Å². The summed E-state index contributed by atoms with van der Waals surface area (Å²) in [5.74, 6) is 2.82. The molecule has 3 rings (SSSR count). The van der Waals surface area contributed by atoms with Crippen molar-refractivity contribution in [3.05, 3.63) is 88.9 Å². The van der Waals surface area contributed by atoms with Crippen molar-refractivity contribution in [2.75, 3.05) is 13.7 Å². The number of methoxy groups -OCH3 is 1. The molecule has 0 aliphatic carbocycles. The van der Waals surface area contributed by atoms with Gasteiger partial charge < -0.3 is 14.6 Å². The third kappa shape index (κ3) is 7.53. The Bertz CT molecular complexity index is 1160. The molecule has 6 heteroatoms. The molecule has 0 aliphatic heterocycles. The summed E-state index contributed by atoms with van der Waals surface area (Å²) in [6.45, 7) is 0.172. The van der Waals surface area contributed by atoms with Crippen LogP contribution in [0, 0.1) is 17.8 Å². The number of carbonyl (C=O) groups is 1. The van der Waals surface area contributed by atoms with Crippen LogP contribution in [0.4, 0.5) is 0 Å². The number of esters is 1. The Labute approximate surface area is 216 Å². The second-order valence-electron chi connectivity index (χ2n) is 8.27. The molecule has 0 radical (unpaired) electrons. The highest BCUT2D eigenvalue weighted by Gasteiger charge is 2.37. The minimum Gasteiger partial charge on any atom is -0.489 e. The van der Waals surface area contributed by atoms with E-state index in [0.717, 1.165) is 26.7 Å². The minimum atomic E-state index is -1.07. The molecule has 0 fully saturated rings. The van der Waals surface area contributed by atoms with Gasteiger partial charge in [-0.05, 0) is 60.7 Å². The number of aryl methyl sites for hydroxylation is 1. The Morgan fingerprint density at radius 2 is 1.86 bits per heavy atom. The highest BCUT2D eigenvalue weighted by molar-refractivity contribution is 7.99. The smallest absolute Gasteiger partial charge is 0.315 e. The minimum absolute atomic E-state index is 0.133. The van der Waals surface area contributed by atoms with Gasteiger partial charge in [0.1, 0.15) is 17.8 Å². The normalized spacial score (nSPS) is 12.4. The molecule has 0 heterocycles. The van der Waals surface area contributed by atoms with Crippen LogP contribution in [-0.4, -0.2) is 24.8 Å². The van der Waals surface area contributed by atoms with Crippen molar-refractivity contribution in [1.29, 1.82) is 0 Å². The molecule has 35 heavy (non-hydrogen) atoms. The maximum Gasteiger partial charge on any atom is 0.315 e. The molecule has 0 bridgehead atoms. The van der Waals surface area contributed by atoms with Gasteiger partial charge in [0.25, 0.3) is 0 Å². The predicted molar refractivity (Wildman–Crippen MR) is 141 cm³/mol. The summed E-state index contributed by atoms with van der Waals surface area (Å²) >= 11 is 8.18. The van der Waals surface area contributed by atoms with E-state index in [9.17, 15) is 9.90 Å². The van der Waals surface area contributed by atoms with Gasteiger partial charge in [-0.2, -0.15) is 0 Å². The number of aliphatic hydroxyl groups is 1. The van der Waals surface area contributed by atoms with Crippen LogP contribution in [0.1, 0.15) is 30.4 Å². The van der Waals surface area contributed by atoms with Gasteiger partial charge in [-0.1, -0.05) is 65.8 Å². The highest BCUT2D eigenvalue weighted by atomic mass is 35.5. The van der Waals surface area contributed by atoms with Gasteiger partial charge in [-0.25, -0.2) is 0 Å². The molecule has 0 saturated heterocycles. The third-order valence-corrected chi connectivity index (χ3v) is 7.11. The first-order valence-corrected chi connectivity index (χ1v) is 12.5. The van der Waals surface area contributed by atoms with E-state index in [1.54, 1.807) is 11.8 Å². The maximum atomic E-state index is 12.2. The summed E-state index contributed by atoms with van der Waals surface area (Å²) in [7, 11) is 1.31. The molecule has 0 aliphatic rings. The lowest BCUT2D eigenvalue weighted by molar-refractivity contribution is -0.155. The van der Waals surface area contributed by atoms with E-state index in [-0.39, 0.29) is 13.0 Å². The Morgan fingerprint density at radius 3 is 2.54 bits per heavy atom. The third-order valence-electron chi connectivity index (χ3n) is 5.78. The standard InChI is InChI=1S/C29H29ClO4S/c1-3-16-29(21-31,28(32)33-2)17-8-11-23-14-15-26(19-27(23)30)35-25-13-7-12-24(18-25)34-20-22-9-5-4-6-10-22/h1,4-7,9-10,12-15,18-19,31H,8,11,16-17,20-21H2,2H3. The van der Waals surface area contributed by atoms with Crippen molar-refractivity contribution >= 4 is 29.3 Å². The van der Waals surface area contributed by atoms with Crippen molar-refractivity contribution in [2.24, 2.45) is 5.41 Å². The molecule has 1 unspecified atom stereocenters. The molecule has 1 atom stereocenters. The molecular weight excluding hydrogens is 480 g/mol. The van der Waals surface area contributed by atoms with E-state index in [2.05, 4.69) is 5.92 Å². The van der Waals surface area contributed by atoms with E-state index in [1.165, 1.54) is 7.11 Å². The second kappa shape index (κ2) is 13.3. The van der Waals surface area contributed by atoms with Crippen LogP contribution < -0.4 is 4.74 Å². The van der Waals surface area contributed by atoms with E-state index < -0.39 is 11.4 Å². The van der Waals surface area contributed by atoms with Gasteiger partial charge in [0, 0.05) is 21.2 Å². The zero-order valence-corrected chi connectivity index (χ0v) is 21.3. The quantitative estimate of drug-likeness (QED) is 0.221. The number of benzene rings is 3. The SMILES string of the molecule is C#CCC(CO)(CCCc1ccc(Sc2cccc(OCc3ccccc3)c2)cc1Cl)C(=O)OC. The lowest BCUT2D eigenvalue weighted by atomic mass is 9.80. The van der Waals surface area contributed by atoms with Crippen LogP contribution >= 0.6 is 23.4 Å². The first-order valence-electron chi connectivity index (χ1n) is 11.4. The number of aliphatic hydroxyl groups excluding tert-OH is 1. The van der Waals surface area contributed by atoms with Crippen molar-refractivity contribution in [2.45, 2.75) is 42.1 Å². The molecular formula is C29H29ClO4S. The van der Waals surface area contributed by atoms with Gasteiger partial charge in [-0.15, -0.1) is 12.3 Å². The van der Waals surface area contributed by atoms with E-state index in [1.807, 2.05) is 72.8 Å². The highest BCUT2D eigenvalue weighted by Crippen LogP contribution is 2.34. The lowest BCUT2D eigenvalue weighted by Crippen LogP contribution is -2.36. The average molecular weight is 509 g/mol. The molecule has 0 spiro atoms. The van der Waals surface area contributed by atoms with Crippen LogP contribution in [0.25, 0.3) is 0 Å². The fourth-order valence-electron chi connectivity index (χ4n) is 3.79.